The molecule has 1 aliphatic heterocycles. The lowest BCUT2D eigenvalue weighted by Gasteiger charge is -2.34. The molecule has 1 aliphatic rings. The summed E-state index contributed by atoms with van der Waals surface area (Å²) in [5.41, 5.74) is -0.700. The van der Waals surface area contributed by atoms with Crippen molar-refractivity contribution in [3.05, 3.63) is 28.4 Å². The predicted molar refractivity (Wildman–Crippen MR) is 55.1 cm³/mol. The molecule has 1 aromatic heterocycles. The van der Waals surface area contributed by atoms with Crippen molar-refractivity contribution in [3.8, 4) is 0 Å². The second kappa shape index (κ2) is 4.11. The summed E-state index contributed by atoms with van der Waals surface area (Å²) in [5.74, 6) is -0.800. The lowest BCUT2D eigenvalue weighted by Crippen LogP contribution is -2.51. The molecule has 0 fully saturated rings. The summed E-state index contributed by atoms with van der Waals surface area (Å²) in [5, 5.41) is 0. The van der Waals surface area contributed by atoms with E-state index in [1.165, 1.54) is 10.9 Å². The first-order valence-corrected chi connectivity index (χ1v) is 5.25. The van der Waals surface area contributed by atoms with Crippen LogP contribution in [0.4, 0.5) is 13.2 Å². The molecule has 8 heteroatoms. The van der Waals surface area contributed by atoms with Crippen LogP contribution in [0.25, 0.3) is 0 Å². The summed E-state index contributed by atoms with van der Waals surface area (Å²) < 4.78 is 39.1. The number of alkyl halides is 3. The molecule has 0 saturated carbocycles. The summed E-state index contributed by atoms with van der Waals surface area (Å²) >= 11 is 0. The van der Waals surface area contributed by atoms with Crippen LogP contribution in [0, 0.1) is 0 Å². The standard InChI is InChI=1S/C10H10F3N3O2/c1-6(10(11,12)13)16-3-2-15-5-14-8(17)4-7(15)9(16)18/h4-6H,2-3H2,1H3. The fourth-order valence-electron chi connectivity index (χ4n) is 1.80. The van der Waals surface area contributed by atoms with Crippen LogP contribution in [0.2, 0.25) is 0 Å². The second-order valence-electron chi connectivity index (χ2n) is 4.02. The molecule has 1 atom stereocenters. The van der Waals surface area contributed by atoms with Crippen molar-refractivity contribution in [1.82, 2.24) is 14.5 Å². The number of halogens is 3. The van der Waals surface area contributed by atoms with Crippen molar-refractivity contribution in [3.63, 3.8) is 0 Å². The van der Waals surface area contributed by atoms with Crippen molar-refractivity contribution in [2.45, 2.75) is 25.7 Å². The van der Waals surface area contributed by atoms with Crippen LogP contribution >= 0.6 is 0 Å². The van der Waals surface area contributed by atoms with Gasteiger partial charge in [0, 0.05) is 19.2 Å². The Morgan fingerprint density at radius 3 is 2.61 bits per heavy atom. The summed E-state index contributed by atoms with van der Waals surface area (Å²) in [4.78, 5) is 27.1. The molecule has 0 spiro atoms. The van der Waals surface area contributed by atoms with Gasteiger partial charge in [0.05, 0.1) is 6.33 Å². The van der Waals surface area contributed by atoms with Gasteiger partial charge in [0.2, 0.25) is 0 Å². The Hall–Kier alpha value is -1.86. The predicted octanol–water partition coefficient (Wildman–Crippen LogP) is 0.650. The van der Waals surface area contributed by atoms with E-state index in [0.29, 0.717) is 0 Å². The number of carbonyl (C=O) groups is 1. The number of rotatable bonds is 1. The zero-order valence-electron chi connectivity index (χ0n) is 9.44. The Labute approximate surface area is 99.8 Å². The van der Waals surface area contributed by atoms with Crippen LogP contribution < -0.4 is 5.56 Å². The Balaban J connectivity index is 2.36. The maximum absolute atomic E-state index is 12.6. The van der Waals surface area contributed by atoms with E-state index >= 15 is 0 Å². The first kappa shape index (κ1) is 12.6. The average molecular weight is 261 g/mol. The highest BCUT2D eigenvalue weighted by atomic mass is 19.4. The molecule has 0 aromatic carbocycles. The van der Waals surface area contributed by atoms with E-state index in [0.717, 1.165) is 17.9 Å². The number of nitrogens with zero attached hydrogens (tertiary/aromatic N) is 3. The third-order valence-corrected chi connectivity index (χ3v) is 2.90. The van der Waals surface area contributed by atoms with Gasteiger partial charge in [-0.2, -0.15) is 18.2 Å². The number of carbonyl (C=O) groups excluding carboxylic acids is 1. The molecule has 1 unspecified atom stereocenters. The van der Waals surface area contributed by atoms with Gasteiger partial charge in [0.1, 0.15) is 11.7 Å². The minimum atomic E-state index is -4.48. The maximum Gasteiger partial charge on any atom is 0.408 e. The quantitative estimate of drug-likeness (QED) is 0.745. The van der Waals surface area contributed by atoms with E-state index in [1.54, 1.807) is 0 Å². The summed E-state index contributed by atoms with van der Waals surface area (Å²) in [7, 11) is 0. The molecular formula is C10H10F3N3O2. The van der Waals surface area contributed by atoms with E-state index in [1.807, 2.05) is 0 Å². The van der Waals surface area contributed by atoms with Gasteiger partial charge in [-0.15, -0.1) is 0 Å². The molecule has 1 amide bonds. The highest BCUT2D eigenvalue weighted by Crippen LogP contribution is 2.26. The van der Waals surface area contributed by atoms with Crippen LogP contribution in [-0.2, 0) is 6.54 Å². The fourth-order valence-corrected chi connectivity index (χ4v) is 1.80. The fraction of sp³-hybridized carbons (Fsp3) is 0.500. The molecule has 5 nitrogen and oxygen atoms in total. The second-order valence-corrected chi connectivity index (χ2v) is 4.02. The van der Waals surface area contributed by atoms with Crippen molar-refractivity contribution in [1.29, 1.82) is 0 Å². The summed E-state index contributed by atoms with van der Waals surface area (Å²) in [6, 6.07) is -0.917. The Morgan fingerprint density at radius 2 is 2.00 bits per heavy atom. The molecule has 0 radical (unpaired) electrons. The lowest BCUT2D eigenvalue weighted by molar-refractivity contribution is -0.172. The van der Waals surface area contributed by atoms with E-state index in [2.05, 4.69) is 4.98 Å². The topological polar surface area (TPSA) is 55.2 Å². The first-order valence-electron chi connectivity index (χ1n) is 5.25. The van der Waals surface area contributed by atoms with Gasteiger partial charge >= 0.3 is 6.18 Å². The van der Waals surface area contributed by atoms with Crippen molar-refractivity contribution in [2.75, 3.05) is 6.54 Å². The number of hydrogen-bond acceptors (Lipinski definition) is 3. The number of hydrogen-bond donors (Lipinski definition) is 0. The van der Waals surface area contributed by atoms with Crippen LogP contribution in [0.3, 0.4) is 0 Å². The average Bonchev–Trinajstić information content (AvgIpc) is 2.28. The van der Waals surface area contributed by atoms with Gasteiger partial charge in [0.15, 0.2) is 0 Å². The van der Waals surface area contributed by atoms with Crippen LogP contribution in [0.15, 0.2) is 17.2 Å². The van der Waals surface area contributed by atoms with Crippen molar-refractivity contribution < 1.29 is 18.0 Å². The minimum Gasteiger partial charge on any atom is -0.326 e. The molecule has 18 heavy (non-hydrogen) atoms. The largest absolute Gasteiger partial charge is 0.408 e. The molecular weight excluding hydrogens is 251 g/mol. The van der Waals surface area contributed by atoms with E-state index < -0.39 is 23.7 Å². The maximum atomic E-state index is 12.6. The van der Waals surface area contributed by atoms with Crippen molar-refractivity contribution >= 4 is 5.91 Å². The van der Waals surface area contributed by atoms with Gasteiger partial charge in [-0.25, -0.2) is 0 Å². The molecule has 2 heterocycles. The van der Waals surface area contributed by atoms with Crippen LogP contribution in [-0.4, -0.2) is 39.1 Å². The van der Waals surface area contributed by atoms with Crippen LogP contribution in [0.5, 0.6) is 0 Å². The SMILES string of the molecule is CC(N1CCn2cnc(=O)cc2C1=O)C(F)(F)F. The van der Waals surface area contributed by atoms with E-state index in [4.69, 9.17) is 0 Å². The zero-order valence-corrected chi connectivity index (χ0v) is 9.44. The molecule has 0 bridgehead atoms. The molecule has 2 rings (SSSR count). The Kier molecular flexibility index (Phi) is 2.88. The summed E-state index contributed by atoms with van der Waals surface area (Å²) in [6.45, 7) is 1.05. The third kappa shape index (κ3) is 2.09. The minimum absolute atomic E-state index is 0.0580. The lowest BCUT2D eigenvalue weighted by atomic mass is 10.2. The zero-order chi connectivity index (χ0) is 13.5. The molecule has 0 N–H and O–H groups in total. The highest BCUT2D eigenvalue weighted by molar-refractivity contribution is 5.93. The van der Waals surface area contributed by atoms with Gasteiger partial charge in [-0.3, -0.25) is 9.59 Å². The smallest absolute Gasteiger partial charge is 0.326 e. The molecule has 98 valence electrons. The highest BCUT2D eigenvalue weighted by Gasteiger charge is 2.43. The third-order valence-electron chi connectivity index (χ3n) is 2.90. The number of amides is 1. The van der Waals surface area contributed by atoms with Gasteiger partial charge in [-0.1, -0.05) is 0 Å². The number of fused-ring (bicyclic) bond motifs is 1. The van der Waals surface area contributed by atoms with Crippen LogP contribution in [0.1, 0.15) is 17.4 Å². The van der Waals surface area contributed by atoms with E-state index in [9.17, 15) is 22.8 Å². The monoisotopic (exact) mass is 261 g/mol. The Morgan fingerprint density at radius 1 is 1.33 bits per heavy atom. The first-order chi connectivity index (χ1) is 8.30. The van der Waals surface area contributed by atoms with Gasteiger partial charge < -0.3 is 9.47 Å². The molecule has 0 aliphatic carbocycles. The molecule has 1 aromatic rings. The Bertz CT molecular complexity index is 538. The number of aromatic nitrogens is 2. The van der Waals surface area contributed by atoms with Crippen molar-refractivity contribution in [2.24, 2.45) is 0 Å². The summed E-state index contributed by atoms with van der Waals surface area (Å²) in [6.07, 6.45) is -3.31. The normalized spacial score (nSPS) is 17.6. The van der Waals surface area contributed by atoms with E-state index in [-0.39, 0.29) is 18.8 Å². The van der Waals surface area contributed by atoms with Gasteiger partial charge in [0.25, 0.3) is 11.5 Å². The van der Waals surface area contributed by atoms with Gasteiger partial charge in [-0.05, 0) is 6.92 Å². The molecule has 0 saturated heterocycles.